The Balaban J connectivity index is 1.84. The third-order valence-electron chi connectivity index (χ3n) is 2.79. The fourth-order valence-corrected chi connectivity index (χ4v) is 1.76. The summed E-state index contributed by atoms with van der Waals surface area (Å²) in [5.74, 6) is 1.83. The Hall–Kier alpha value is -2.03. The molecule has 0 atom stereocenters. The van der Waals surface area contributed by atoms with Crippen molar-refractivity contribution >= 4 is 5.82 Å². The highest BCUT2D eigenvalue weighted by Crippen LogP contribution is 2.12. The lowest BCUT2D eigenvalue weighted by Crippen LogP contribution is -2.06. The van der Waals surface area contributed by atoms with E-state index in [0.717, 1.165) is 24.5 Å². The van der Waals surface area contributed by atoms with Crippen LogP contribution in [-0.4, -0.2) is 18.6 Å². The van der Waals surface area contributed by atoms with E-state index in [1.807, 2.05) is 30.5 Å². The van der Waals surface area contributed by atoms with Crippen molar-refractivity contribution in [3.63, 3.8) is 0 Å². The summed E-state index contributed by atoms with van der Waals surface area (Å²) in [6.07, 6.45) is 2.80. The number of nitrogens with zero attached hydrogens (tertiary/aromatic N) is 1. The van der Waals surface area contributed by atoms with Gasteiger partial charge in [-0.25, -0.2) is 4.98 Å². The van der Waals surface area contributed by atoms with Gasteiger partial charge in [-0.15, -0.1) is 0 Å². The van der Waals surface area contributed by atoms with Crippen LogP contribution in [0.15, 0.2) is 42.6 Å². The maximum Gasteiger partial charge on any atom is 0.126 e. The average Bonchev–Trinajstić information content (AvgIpc) is 2.40. The highest BCUT2D eigenvalue weighted by atomic mass is 16.5. The molecule has 1 N–H and O–H groups in total. The summed E-state index contributed by atoms with van der Waals surface area (Å²) in [5.41, 5.74) is 2.51. The molecule has 3 heteroatoms. The van der Waals surface area contributed by atoms with E-state index < -0.39 is 0 Å². The van der Waals surface area contributed by atoms with E-state index in [1.165, 1.54) is 11.1 Å². The van der Waals surface area contributed by atoms with Crippen LogP contribution >= 0.6 is 0 Å². The number of aromatic nitrogens is 1. The van der Waals surface area contributed by atoms with E-state index in [2.05, 4.69) is 29.4 Å². The van der Waals surface area contributed by atoms with Crippen LogP contribution in [0, 0.1) is 6.92 Å². The molecule has 0 unspecified atom stereocenters. The number of hydrogen-bond acceptors (Lipinski definition) is 3. The van der Waals surface area contributed by atoms with Crippen molar-refractivity contribution in [2.24, 2.45) is 0 Å². The Morgan fingerprint density at radius 1 is 1.17 bits per heavy atom. The van der Waals surface area contributed by atoms with Gasteiger partial charge in [0.1, 0.15) is 11.6 Å². The fourth-order valence-electron chi connectivity index (χ4n) is 1.76. The van der Waals surface area contributed by atoms with E-state index >= 15 is 0 Å². The minimum atomic E-state index is 0.878. The van der Waals surface area contributed by atoms with Gasteiger partial charge in [0.2, 0.25) is 0 Å². The molecule has 0 saturated carbocycles. The van der Waals surface area contributed by atoms with Crippen LogP contribution in [-0.2, 0) is 6.42 Å². The van der Waals surface area contributed by atoms with Crippen molar-refractivity contribution in [2.75, 3.05) is 19.0 Å². The summed E-state index contributed by atoms with van der Waals surface area (Å²) in [5, 5.41) is 3.32. The Bertz CT molecular complexity index is 494. The summed E-state index contributed by atoms with van der Waals surface area (Å²) in [6.45, 7) is 2.94. The SMILES string of the molecule is COc1ccc(CCNc2cc(C)ccn2)cc1. The molecule has 1 aromatic carbocycles. The van der Waals surface area contributed by atoms with Gasteiger partial charge in [-0.2, -0.15) is 0 Å². The molecule has 0 amide bonds. The van der Waals surface area contributed by atoms with Crippen LogP contribution in [0.4, 0.5) is 5.82 Å². The van der Waals surface area contributed by atoms with Gasteiger partial charge in [0.05, 0.1) is 7.11 Å². The van der Waals surface area contributed by atoms with Crippen LogP contribution < -0.4 is 10.1 Å². The van der Waals surface area contributed by atoms with Gasteiger partial charge >= 0.3 is 0 Å². The molecule has 0 aliphatic carbocycles. The Kier molecular flexibility index (Phi) is 4.18. The van der Waals surface area contributed by atoms with Crippen LogP contribution in [0.25, 0.3) is 0 Å². The zero-order chi connectivity index (χ0) is 12.8. The smallest absolute Gasteiger partial charge is 0.126 e. The molecule has 0 bridgehead atoms. The monoisotopic (exact) mass is 242 g/mol. The van der Waals surface area contributed by atoms with E-state index in [1.54, 1.807) is 7.11 Å². The molecule has 1 aromatic heterocycles. The van der Waals surface area contributed by atoms with E-state index in [9.17, 15) is 0 Å². The van der Waals surface area contributed by atoms with E-state index in [0.29, 0.717) is 0 Å². The van der Waals surface area contributed by atoms with Crippen molar-refractivity contribution in [1.82, 2.24) is 4.98 Å². The zero-order valence-electron chi connectivity index (χ0n) is 10.8. The minimum Gasteiger partial charge on any atom is -0.497 e. The third-order valence-corrected chi connectivity index (χ3v) is 2.79. The molecule has 0 fully saturated rings. The first-order valence-corrected chi connectivity index (χ1v) is 6.07. The number of rotatable bonds is 5. The first kappa shape index (κ1) is 12.4. The normalized spacial score (nSPS) is 10.1. The highest BCUT2D eigenvalue weighted by Gasteiger charge is 1.96. The average molecular weight is 242 g/mol. The number of methoxy groups -OCH3 is 1. The molecule has 0 saturated heterocycles. The molecule has 2 rings (SSSR count). The van der Waals surface area contributed by atoms with E-state index in [-0.39, 0.29) is 0 Å². The second-order valence-electron chi connectivity index (χ2n) is 4.24. The van der Waals surface area contributed by atoms with Crippen LogP contribution in [0.1, 0.15) is 11.1 Å². The Labute approximate surface area is 108 Å². The number of hydrogen-bond donors (Lipinski definition) is 1. The van der Waals surface area contributed by atoms with Crippen molar-refractivity contribution < 1.29 is 4.74 Å². The van der Waals surface area contributed by atoms with Crippen molar-refractivity contribution in [3.8, 4) is 5.75 Å². The molecule has 3 nitrogen and oxygen atoms in total. The summed E-state index contributed by atoms with van der Waals surface area (Å²) in [4.78, 5) is 4.27. The lowest BCUT2D eigenvalue weighted by atomic mass is 10.1. The first-order valence-electron chi connectivity index (χ1n) is 6.07. The van der Waals surface area contributed by atoms with Gasteiger partial charge in [0, 0.05) is 12.7 Å². The molecule has 1 heterocycles. The lowest BCUT2D eigenvalue weighted by Gasteiger charge is -2.06. The molecule has 0 radical (unpaired) electrons. The summed E-state index contributed by atoms with van der Waals surface area (Å²) >= 11 is 0. The van der Waals surface area contributed by atoms with E-state index in [4.69, 9.17) is 4.74 Å². The number of anilines is 1. The second-order valence-corrected chi connectivity index (χ2v) is 4.24. The molecule has 2 aromatic rings. The molecule has 0 aliphatic rings. The standard InChI is InChI=1S/C15H18N2O/c1-12-7-9-16-15(11-12)17-10-8-13-3-5-14(18-2)6-4-13/h3-7,9,11H,8,10H2,1-2H3,(H,16,17). The van der Waals surface area contributed by atoms with Gasteiger partial charge in [-0.3, -0.25) is 0 Å². The summed E-state index contributed by atoms with van der Waals surface area (Å²) in [7, 11) is 1.68. The molecule has 18 heavy (non-hydrogen) atoms. The van der Waals surface area contributed by atoms with Gasteiger partial charge in [-0.05, 0) is 48.7 Å². The number of nitrogens with one attached hydrogen (secondary N) is 1. The largest absolute Gasteiger partial charge is 0.497 e. The fraction of sp³-hybridized carbons (Fsp3) is 0.267. The van der Waals surface area contributed by atoms with Crippen molar-refractivity contribution in [1.29, 1.82) is 0 Å². The lowest BCUT2D eigenvalue weighted by molar-refractivity contribution is 0.414. The van der Waals surface area contributed by atoms with Gasteiger partial charge in [0.15, 0.2) is 0 Å². The molecule has 0 spiro atoms. The van der Waals surface area contributed by atoms with Gasteiger partial charge in [0.25, 0.3) is 0 Å². The maximum atomic E-state index is 5.13. The maximum absolute atomic E-state index is 5.13. The van der Waals surface area contributed by atoms with Crippen molar-refractivity contribution in [2.45, 2.75) is 13.3 Å². The van der Waals surface area contributed by atoms with Crippen LogP contribution in [0.5, 0.6) is 5.75 Å². The first-order chi connectivity index (χ1) is 8.78. The minimum absolute atomic E-state index is 0.878. The van der Waals surface area contributed by atoms with Crippen molar-refractivity contribution in [3.05, 3.63) is 53.7 Å². The van der Waals surface area contributed by atoms with Crippen LogP contribution in [0.3, 0.4) is 0 Å². The third kappa shape index (κ3) is 3.48. The molecular formula is C15H18N2O. The topological polar surface area (TPSA) is 34.1 Å². The Morgan fingerprint density at radius 2 is 1.94 bits per heavy atom. The molecule has 94 valence electrons. The summed E-state index contributed by atoms with van der Waals surface area (Å²) < 4.78 is 5.13. The highest BCUT2D eigenvalue weighted by molar-refractivity contribution is 5.37. The quantitative estimate of drug-likeness (QED) is 0.875. The summed E-state index contributed by atoms with van der Waals surface area (Å²) in [6, 6.07) is 12.2. The predicted molar refractivity (Wildman–Crippen MR) is 74.2 cm³/mol. The number of benzene rings is 1. The Morgan fingerprint density at radius 3 is 2.61 bits per heavy atom. The number of pyridine rings is 1. The number of ether oxygens (including phenoxy) is 1. The predicted octanol–water partition coefficient (Wildman–Crippen LogP) is 3.05. The zero-order valence-corrected chi connectivity index (χ0v) is 10.8. The van der Waals surface area contributed by atoms with Gasteiger partial charge < -0.3 is 10.1 Å². The molecular weight excluding hydrogens is 224 g/mol. The van der Waals surface area contributed by atoms with Crippen LogP contribution in [0.2, 0.25) is 0 Å². The van der Waals surface area contributed by atoms with Gasteiger partial charge in [-0.1, -0.05) is 12.1 Å². The molecule has 0 aliphatic heterocycles. The number of aryl methyl sites for hydroxylation is 1. The second kappa shape index (κ2) is 6.05.